The smallest absolute Gasteiger partial charge is 0.220 e. The maximum absolute atomic E-state index is 13.3. The Balaban J connectivity index is 2.12. The Morgan fingerprint density at radius 1 is 1.56 bits per heavy atom. The molecule has 0 saturated carbocycles. The average Bonchev–Trinajstić information content (AvgIpc) is 2.28. The number of hydrogen-bond acceptors (Lipinski definition) is 2. The number of hydrogen-bond donors (Lipinski definition) is 1. The molecule has 1 aromatic carbocycles. The summed E-state index contributed by atoms with van der Waals surface area (Å²) in [5.41, 5.74) is 0.920. The average molecular weight is 267 g/mol. The second kappa shape index (κ2) is 5.74. The molecule has 0 spiro atoms. The second-order valence-corrected chi connectivity index (χ2v) is 6.17. The highest BCUT2D eigenvalue weighted by molar-refractivity contribution is 7.99. The number of fused-ring (bicyclic) bond motifs is 1. The molecule has 0 bridgehead atoms. The molecule has 2 rings (SSSR count). The molecule has 1 N–H and O–H groups in total. The summed E-state index contributed by atoms with van der Waals surface area (Å²) in [6.07, 6.45) is 1.39. The zero-order valence-electron chi connectivity index (χ0n) is 10.7. The van der Waals surface area contributed by atoms with E-state index in [2.05, 4.69) is 5.32 Å². The summed E-state index contributed by atoms with van der Waals surface area (Å²) in [7, 11) is 0. The van der Waals surface area contributed by atoms with Gasteiger partial charge in [-0.25, -0.2) is 4.39 Å². The van der Waals surface area contributed by atoms with Crippen LogP contribution < -0.4 is 5.32 Å². The van der Waals surface area contributed by atoms with Crippen molar-refractivity contribution in [1.29, 1.82) is 0 Å². The van der Waals surface area contributed by atoms with Gasteiger partial charge in [-0.05, 0) is 36.1 Å². The van der Waals surface area contributed by atoms with Crippen molar-refractivity contribution < 1.29 is 9.18 Å². The zero-order chi connectivity index (χ0) is 13.1. The number of benzene rings is 1. The maximum Gasteiger partial charge on any atom is 0.220 e. The third kappa shape index (κ3) is 3.25. The molecule has 0 saturated heterocycles. The van der Waals surface area contributed by atoms with Gasteiger partial charge in [0, 0.05) is 17.1 Å². The van der Waals surface area contributed by atoms with Gasteiger partial charge in [0.15, 0.2) is 0 Å². The van der Waals surface area contributed by atoms with Crippen LogP contribution in [0.4, 0.5) is 4.39 Å². The summed E-state index contributed by atoms with van der Waals surface area (Å²) in [5, 5.41) is 3.01. The van der Waals surface area contributed by atoms with E-state index >= 15 is 0 Å². The Hall–Kier alpha value is -1.03. The van der Waals surface area contributed by atoms with Crippen molar-refractivity contribution in [1.82, 2.24) is 5.32 Å². The van der Waals surface area contributed by atoms with Crippen molar-refractivity contribution in [2.45, 2.75) is 37.6 Å². The molecule has 1 amide bonds. The summed E-state index contributed by atoms with van der Waals surface area (Å²) in [4.78, 5) is 12.9. The number of carbonyl (C=O) groups excluding carboxylic acids is 1. The Morgan fingerprint density at radius 2 is 2.33 bits per heavy atom. The summed E-state index contributed by atoms with van der Waals surface area (Å²) in [6, 6.07) is 4.78. The third-order valence-electron chi connectivity index (χ3n) is 2.94. The number of thioether (sulfide) groups is 1. The Labute approximate surface area is 111 Å². The van der Waals surface area contributed by atoms with Crippen LogP contribution in [0.2, 0.25) is 0 Å². The minimum Gasteiger partial charge on any atom is -0.349 e. The van der Waals surface area contributed by atoms with Crippen LogP contribution in [0, 0.1) is 11.7 Å². The van der Waals surface area contributed by atoms with Crippen LogP contribution >= 0.6 is 11.8 Å². The first-order valence-electron chi connectivity index (χ1n) is 6.28. The standard InChI is InChI=1S/C14H18FNOS/c1-9(2)7-14(17)16-12-5-6-18-13-4-3-10(15)8-11(12)13/h3-4,8-9,12H,5-7H2,1-2H3,(H,16,17). The Bertz CT molecular complexity index is 447. The van der Waals surface area contributed by atoms with Crippen LogP contribution in [0.1, 0.15) is 38.3 Å². The van der Waals surface area contributed by atoms with Gasteiger partial charge in [-0.3, -0.25) is 4.79 Å². The van der Waals surface area contributed by atoms with E-state index in [-0.39, 0.29) is 17.8 Å². The van der Waals surface area contributed by atoms with E-state index in [0.717, 1.165) is 22.6 Å². The van der Waals surface area contributed by atoms with Crippen molar-refractivity contribution >= 4 is 17.7 Å². The van der Waals surface area contributed by atoms with Crippen LogP contribution in [0.25, 0.3) is 0 Å². The van der Waals surface area contributed by atoms with Crippen molar-refractivity contribution in [3.63, 3.8) is 0 Å². The fourth-order valence-corrected chi connectivity index (χ4v) is 3.24. The van der Waals surface area contributed by atoms with Gasteiger partial charge in [0.25, 0.3) is 0 Å². The minimum absolute atomic E-state index is 0.0387. The van der Waals surface area contributed by atoms with E-state index in [1.807, 2.05) is 13.8 Å². The molecule has 1 aliphatic heterocycles. The summed E-state index contributed by atoms with van der Waals surface area (Å²) in [6.45, 7) is 4.04. The molecule has 0 radical (unpaired) electrons. The second-order valence-electron chi connectivity index (χ2n) is 5.04. The summed E-state index contributed by atoms with van der Waals surface area (Å²) in [5.74, 6) is 1.12. The molecule has 0 fully saturated rings. The first-order chi connectivity index (χ1) is 8.56. The van der Waals surface area contributed by atoms with Gasteiger partial charge in [0.05, 0.1) is 6.04 Å². The molecular formula is C14H18FNOS. The normalized spacial score (nSPS) is 18.6. The van der Waals surface area contributed by atoms with E-state index in [9.17, 15) is 9.18 Å². The number of carbonyl (C=O) groups is 1. The molecule has 18 heavy (non-hydrogen) atoms. The van der Waals surface area contributed by atoms with Crippen LogP contribution in [0.5, 0.6) is 0 Å². The first-order valence-corrected chi connectivity index (χ1v) is 7.26. The molecule has 0 aromatic heterocycles. The summed E-state index contributed by atoms with van der Waals surface area (Å²) < 4.78 is 13.3. The van der Waals surface area contributed by atoms with Crippen molar-refractivity contribution in [2.24, 2.45) is 5.92 Å². The van der Waals surface area contributed by atoms with Crippen LogP contribution in [-0.2, 0) is 4.79 Å². The number of nitrogens with one attached hydrogen (secondary N) is 1. The highest BCUT2D eigenvalue weighted by atomic mass is 32.2. The van der Waals surface area contributed by atoms with E-state index in [0.29, 0.717) is 12.3 Å². The number of rotatable bonds is 3. The van der Waals surface area contributed by atoms with Gasteiger partial charge < -0.3 is 5.32 Å². The van der Waals surface area contributed by atoms with Gasteiger partial charge in [0.1, 0.15) is 5.82 Å². The molecule has 0 aliphatic carbocycles. The van der Waals surface area contributed by atoms with Gasteiger partial charge in [-0.15, -0.1) is 11.8 Å². The van der Waals surface area contributed by atoms with E-state index < -0.39 is 0 Å². The molecule has 98 valence electrons. The molecule has 1 heterocycles. The van der Waals surface area contributed by atoms with Crippen molar-refractivity contribution in [3.8, 4) is 0 Å². The van der Waals surface area contributed by atoms with Gasteiger partial charge in [-0.1, -0.05) is 13.8 Å². The van der Waals surface area contributed by atoms with Crippen LogP contribution in [0.15, 0.2) is 23.1 Å². The zero-order valence-corrected chi connectivity index (χ0v) is 11.5. The predicted octanol–water partition coefficient (Wildman–Crippen LogP) is 3.52. The SMILES string of the molecule is CC(C)CC(=O)NC1CCSc2ccc(F)cc21. The van der Waals surface area contributed by atoms with Gasteiger partial charge >= 0.3 is 0 Å². The summed E-state index contributed by atoms with van der Waals surface area (Å²) >= 11 is 1.72. The largest absolute Gasteiger partial charge is 0.349 e. The van der Waals surface area contributed by atoms with Gasteiger partial charge in [0.2, 0.25) is 5.91 Å². The number of halogens is 1. The highest BCUT2D eigenvalue weighted by Gasteiger charge is 2.22. The lowest BCUT2D eigenvalue weighted by Crippen LogP contribution is -2.31. The predicted molar refractivity (Wildman–Crippen MR) is 72.1 cm³/mol. The molecular weight excluding hydrogens is 249 g/mol. The lowest BCUT2D eigenvalue weighted by atomic mass is 10.0. The van der Waals surface area contributed by atoms with E-state index in [1.165, 1.54) is 6.07 Å². The minimum atomic E-state index is -0.237. The Morgan fingerprint density at radius 3 is 3.06 bits per heavy atom. The highest BCUT2D eigenvalue weighted by Crippen LogP contribution is 2.36. The maximum atomic E-state index is 13.3. The lowest BCUT2D eigenvalue weighted by Gasteiger charge is -2.26. The molecule has 1 aromatic rings. The first kappa shape index (κ1) is 13.4. The molecule has 1 atom stereocenters. The monoisotopic (exact) mass is 267 g/mol. The van der Waals surface area contributed by atoms with Crippen LogP contribution in [-0.4, -0.2) is 11.7 Å². The lowest BCUT2D eigenvalue weighted by molar-refractivity contribution is -0.122. The molecule has 1 unspecified atom stereocenters. The van der Waals surface area contributed by atoms with E-state index in [1.54, 1.807) is 23.9 Å². The number of amides is 1. The van der Waals surface area contributed by atoms with Gasteiger partial charge in [-0.2, -0.15) is 0 Å². The van der Waals surface area contributed by atoms with Crippen molar-refractivity contribution in [2.75, 3.05) is 5.75 Å². The fraction of sp³-hybridized carbons (Fsp3) is 0.500. The quantitative estimate of drug-likeness (QED) is 0.907. The molecule has 4 heteroatoms. The molecule has 2 nitrogen and oxygen atoms in total. The van der Waals surface area contributed by atoms with Crippen molar-refractivity contribution in [3.05, 3.63) is 29.6 Å². The van der Waals surface area contributed by atoms with Crippen LogP contribution in [0.3, 0.4) is 0 Å². The Kier molecular flexibility index (Phi) is 4.27. The van der Waals surface area contributed by atoms with E-state index in [4.69, 9.17) is 0 Å². The topological polar surface area (TPSA) is 29.1 Å². The third-order valence-corrected chi connectivity index (χ3v) is 4.06. The fourth-order valence-electron chi connectivity index (χ4n) is 2.14. The molecule has 1 aliphatic rings.